The second-order valence-corrected chi connectivity index (χ2v) is 9.21. The maximum atomic E-state index is 13.0. The second-order valence-electron chi connectivity index (χ2n) is 7.85. The minimum absolute atomic E-state index is 0.207. The van der Waals surface area contributed by atoms with Crippen molar-refractivity contribution >= 4 is 44.2 Å². The molecule has 6 nitrogen and oxygen atoms in total. The summed E-state index contributed by atoms with van der Waals surface area (Å²) in [5.41, 5.74) is 1.81. The number of nitrogens with zero attached hydrogens (tertiary/aromatic N) is 3. The number of thiazole rings is 1. The van der Waals surface area contributed by atoms with E-state index in [1.807, 2.05) is 53.4 Å². The topological polar surface area (TPSA) is 79.0 Å². The SMILES string of the molecule is O=C(CCc1ccccc1)[C@H]1CCCN1c1nc2c(=O)[nH]c(-c3ccccc3Cl)nc2s1. The first-order chi connectivity index (χ1) is 15.6. The Balaban J connectivity index is 1.41. The van der Waals surface area contributed by atoms with Crippen LogP contribution in [0.15, 0.2) is 59.4 Å². The van der Waals surface area contributed by atoms with Gasteiger partial charge in [-0.2, -0.15) is 0 Å². The number of fused-ring (bicyclic) bond motifs is 1. The maximum Gasteiger partial charge on any atom is 0.278 e. The van der Waals surface area contributed by atoms with Crippen molar-refractivity contribution in [2.45, 2.75) is 31.7 Å². The Hall–Kier alpha value is -3.03. The number of aromatic nitrogens is 3. The van der Waals surface area contributed by atoms with Crippen LogP contribution in [0, 0.1) is 0 Å². The Labute approximate surface area is 193 Å². The highest BCUT2D eigenvalue weighted by Gasteiger charge is 2.32. The predicted molar refractivity (Wildman–Crippen MR) is 129 cm³/mol. The van der Waals surface area contributed by atoms with Crippen LogP contribution in [0.2, 0.25) is 5.02 Å². The number of benzene rings is 2. The van der Waals surface area contributed by atoms with E-state index in [0.717, 1.165) is 31.4 Å². The molecular weight excluding hydrogens is 444 g/mol. The van der Waals surface area contributed by atoms with Crippen molar-refractivity contribution in [1.82, 2.24) is 15.0 Å². The molecule has 0 saturated carbocycles. The highest BCUT2D eigenvalue weighted by molar-refractivity contribution is 7.21. The first-order valence-electron chi connectivity index (χ1n) is 10.6. The number of halogens is 1. The van der Waals surface area contributed by atoms with Crippen molar-refractivity contribution in [1.29, 1.82) is 0 Å². The fraction of sp³-hybridized carbons (Fsp3) is 0.250. The predicted octanol–water partition coefficient (Wildman–Crippen LogP) is 4.87. The average Bonchev–Trinajstić information content (AvgIpc) is 3.46. The number of hydrogen-bond acceptors (Lipinski definition) is 6. The van der Waals surface area contributed by atoms with Gasteiger partial charge >= 0.3 is 0 Å². The smallest absolute Gasteiger partial charge is 0.278 e. The third kappa shape index (κ3) is 4.06. The fourth-order valence-corrected chi connectivity index (χ4v) is 5.38. The largest absolute Gasteiger partial charge is 0.338 e. The molecule has 4 aromatic rings. The summed E-state index contributed by atoms with van der Waals surface area (Å²) in [4.78, 5) is 40.2. The average molecular weight is 465 g/mol. The summed E-state index contributed by atoms with van der Waals surface area (Å²) in [6.45, 7) is 0.747. The molecule has 3 heterocycles. The van der Waals surface area contributed by atoms with Crippen LogP contribution in [-0.4, -0.2) is 33.3 Å². The molecule has 1 atom stereocenters. The van der Waals surface area contributed by atoms with Crippen LogP contribution >= 0.6 is 22.9 Å². The van der Waals surface area contributed by atoms with Crippen molar-refractivity contribution < 1.29 is 4.79 Å². The van der Waals surface area contributed by atoms with Gasteiger partial charge in [0.25, 0.3) is 5.56 Å². The number of aryl methyl sites for hydroxylation is 1. The van der Waals surface area contributed by atoms with E-state index in [1.165, 1.54) is 11.3 Å². The van der Waals surface area contributed by atoms with E-state index in [-0.39, 0.29) is 17.4 Å². The minimum atomic E-state index is -0.307. The Morgan fingerprint density at radius 1 is 1.12 bits per heavy atom. The third-order valence-electron chi connectivity index (χ3n) is 5.76. The Morgan fingerprint density at radius 3 is 2.72 bits per heavy atom. The molecule has 2 aromatic heterocycles. The molecule has 0 radical (unpaired) electrons. The molecular formula is C24H21ClN4O2S. The number of rotatable bonds is 6. The lowest BCUT2D eigenvalue weighted by molar-refractivity contribution is -0.120. The van der Waals surface area contributed by atoms with Gasteiger partial charge in [0.15, 0.2) is 21.3 Å². The lowest BCUT2D eigenvalue weighted by Crippen LogP contribution is -2.36. The van der Waals surface area contributed by atoms with Crippen molar-refractivity contribution in [2.75, 3.05) is 11.4 Å². The lowest BCUT2D eigenvalue weighted by Gasteiger charge is -2.22. The summed E-state index contributed by atoms with van der Waals surface area (Å²) in [5.74, 6) is 0.629. The number of ketones is 1. The molecule has 0 aliphatic carbocycles. The quantitative estimate of drug-likeness (QED) is 0.440. The van der Waals surface area contributed by atoms with Crippen LogP contribution in [0.3, 0.4) is 0 Å². The zero-order valence-electron chi connectivity index (χ0n) is 17.3. The number of carbonyl (C=O) groups is 1. The highest BCUT2D eigenvalue weighted by Crippen LogP contribution is 2.33. The molecule has 0 amide bonds. The second kappa shape index (κ2) is 8.84. The normalized spacial score (nSPS) is 16.0. The van der Waals surface area contributed by atoms with E-state index >= 15 is 0 Å². The number of nitrogens with one attached hydrogen (secondary N) is 1. The van der Waals surface area contributed by atoms with Crippen LogP contribution in [0.4, 0.5) is 5.13 Å². The van der Waals surface area contributed by atoms with Crippen LogP contribution in [-0.2, 0) is 11.2 Å². The van der Waals surface area contributed by atoms with E-state index in [9.17, 15) is 9.59 Å². The summed E-state index contributed by atoms with van der Waals surface area (Å²) in [5, 5.41) is 1.19. The number of Topliss-reactive ketones (excluding diaryl/α,β-unsaturated/α-hetero) is 1. The molecule has 32 heavy (non-hydrogen) atoms. The number of anilines is 1. The summed E-state index contributed by atoms with van der Waals surface area (Å²) in [7, 11) is 0. The van der Waals surface area contributed by atoms with Crippen LogP contribution < -0.4 is 10.5 Å². The molecule has 5 rings (SSSR count). The standard InChI is InChI=1S/C24H21ClN4O2S/c25-17-10-5-4-9-16(17)21-27-22(31)20-23(28-21)32-24(26-20)29-14-6-11-18(29)19(30)13-12-15-7-2-1-3-8-15/h1-5,7-10,18H,6,11-14H2,(H,27,28,31)/t18-/m1/s1. The zero-order valence-corrected chi connectivity index (χ0v) is 18.8. The molecule has 2 aromatic carbocycles. The van der Waals surface area contributed by atoms with Crippen LogP contribution in [0.1, 0.15) is 24.8 Å². The van der Waals surface area contributed by atoms with E-state index < -0.39 is 0 Å². The van der Waals surface area contributed by atoms with Gasteiger partial charge in [0, 0.05) is 18.5 Å². The molecule has 1 aliphatic rings. The fourth-order valence-electron chi connectivity index (χ4n) is 4.13. The zero-order chi connectivity index (χ0) is 22.1. The van der Waals surface area contributed by atoms with Gasteiger partial charge in [-0.05, 0) is 37.0 Å². The first kappa shape index (κ1) is 20.8. The van der Waals surface area contributed by atoms with E-state index in [2.05, 4.69) is 15.0 Å². The maximum absolute atomic E-state index is 13.0. The van der Waals surface area contributed by atoms with Crippen molar-refractivity contribution in [2.24, 2.45) is 0 Å². The number of aromatic amines is 1. The van der Waals surface area contributed by atoms with Gasteiger partial charge in [0.1, 0.15) is 5.82 Å². The number of H-pyrrole nitrogens is 1. The summed E-state index contributed by atoms with van der Waals surface area (Å²) in [6.07, 6.45) is 2.95. The van der Waals surface area contributed by atoms with Crippen molar-refractivity contribution in [3.05, 3.63) is 75.5 Å². The number of carbonyl (C=O) groups excluding carboxylic acids is 1. The van der Waals surface area contributed by atoms with Gasteiger partial charge < -0.3 is 9.88 Å². The third-order valence-corrected chi connectivity index (χ3v) is 7.08. The Bertz CT molecular complexity index is 1330. The molecule has 1 saturated heterocycles. The molecule has 0 spiro atoms. The van der Waals surface area contributed by atoms with E-state index in [4.69, 9.17) is 11.6 Å². The number of hydrogen-bond donors (Lipinski definition) is 1. The van der Waals surface area contributed by atoms with Crippen molar-refractivity contribution in [3.63, 3.8) is 0 Å². The molecule has 1 N–H and O–H groups in total. The van der Waals surface area contributed by atoms with Gasteiger partial charge in [-0.25, -0.2) is 9.97 Å². The minimum Gasteiger partial charge on any atom is -0.338 e. The molecule has 0 bridgehead atoms. The van der Waals surface area contributed by atoms with Gasteiger partial charge in [-0.15, -0.1) is 0 Å². The molecule has 1 aliphatic heterocycles. The lowest BCUT2D eigenvalue weighted by atomic mass is 10.0. The van der Waals surface area contributed by atoms with Crippen LogP contribution in [0.5, 0.6) is 0 Å². The monoisotopic (exact) mass is 464 g/mol. The summed E-state index contributed by atoms with van der Waals surface area (Å²) in [6, 6.07) is 17.1. The van der Waals surface area contributed by atoms with Crippen molar-refractivity contribution in [3.8, 4) is 11.4 Å². The highest BCUT2D eigenvalue weighted by atomic mass is 35.5. The Kier molecular flexibility index (Phi) is 5.76. The Morgan fingerprint density at radius 2 is 1.91 bits per heavy atom. The molecule has 162 valence electrons. The molecule has 8 heteroatoms. The van der Waals surface area contributed by atoms with Crippen LogP contribution in [0.25, 0.3) is 21.7 Å². The summed E-state index contributed by atoms with van der Waals surface area (Å²) < 4.78 is 0. The van der Waals surface area contributed by atoms with Gasteiger partial charge in [-0.1, -0.05) is 65.4 Å². The van der Waals surface area contributed by atoms with E-state index in [0.29, 0.717) is 38.3 Å². The summed E-state index contributed by atoms with van der Waals surface area (Å²) >= 11 is 7.63. The first-order valence-corrected chi connectivity index (χ1v) is 11.8. The van der Waals surface area contributed by atoms with Gasteiger partial charge in [0.05, 0.1) is 11.1 Å². The van der Waals surface area contributed by atoms with Gasteiger partial charge in [0.2, 0.25) is 0 Å². The van der Waals surface area contributed by atoms with Gasteiger partial charge in [-0.3, -0.25) is 9.59 Å². The van der Waals surface area contributed by atoms with E-state index in [1.54, 1.807) is 6.07 Å². The molecule has 0 unspecified atom stereocenters. The molecule has 1 fully saturated rings.